The van der Waals surface area contributed by atoms with Crippen LogP contribution in [0.4, 0.5) is 8.78 Å². The number of aliphatic hydroxyl groups is 1. The van der Waals surface area contributed by atoms with Gasteiger partial charge in [-0.3, -0.25) is 0 Å². The fourth-order valence-electron chi connectivity index (χ4n) is 3.59. The second-order valence-electron chi connectivity index (χ2n) is 6.51. The fourth-order valence-corrected chi connectivity index (χ4v) is 3.59. The Morgan fingerprint density at radius 2 is 1.89 bits per heavy atom. The monoisotopic (exact) mass is 254 g/mol. The van der Waals surface area contributed by atoms with Gasteiger partial charge in [0.1, 0.15) is 11.6 Å². The van der Waals surface area contributed by atoms with Crippen LogP contribution in [0.25, 0.3) is 0 Å². The maximum absolute atomic E-state index is 13.9. The summed E-state index contributed by atoms with van der Waals surface area (Å²) in [5, 5.41) is 10.7. The first-order chi connectivity index (χ1) is 8.22. The van der Waals surface area contributed by atoms with Crippen LogP contribution in [0.2, 0.25) is 0 Å². The van der Waals surface area contributed by atoms with E-state index in [0.717, 1.165) is 24.6 Å². The Balaban J connectivity index is 2.43. The van der Waals surface area contributed by atoms with Crippen molar-refractivity contribution < 1.29 is 13.9 Å². The molecule has 0 bridgehead atoms. The van der Waals surface area contributed by atoms with Gasteiger partial charge in [-0.2, -0.15) is 0 Å². The molecule has 1 N–H and O–H groups in total. The van der Waals surface area contributed by atoms with E-state index in [0.29, 0.717) is 18.8 Å². The van der Waals surface area contributed by atoms with Crippen molar-refractivity contribution in [2.75, 3.05) is 0 Å². The zero-order valence-corrected chi connectivity index (χ0v) is 11.1. The summed E-state index contributed by atoms with van der Waals surface area (Å²) in [6.45, 7) is 6.17. The minimum Gasteiger partial charge on any atom is -0.385 e. The molecule has 0 radical (unpaired) electrons. The zero-order chi connectivity index (χ0) is 13.6. The molecule has 0 heterocycles. The molecular formula is C15H20F2O. The van der Waals surface area contributed by atoms with Crippen LogP contribution in [0.15, 0.2) is 18.2 Å². The summed E-state index contributed by atoms with van der Waals surface area (Å²) < 4.78 is 27.1. The summed E-state index contributed by atoms with van der Waals surface area (Å²) in [6.07, 6.45) is 1.94. The van der Waals surface area contributed by atoms with Gasteiger partial charge in [-0.25, -0.2) is 8.78 Å². The van der Waals surface area contributed by atoms with Crippen LogP contribution in [-0.2, 0) is 5.60 Å². The Morgan fingerprint density at radius 1 is 1.22 bits per heavy atom. The predicted molar refractivity (Wildman–Crippen MR) is 67.1 cm³/mol. The second kappa shape index (κ2) is 4.30. The van der Waals surface area contributed by atoms with Gasteiger partial charge >= 0.3 is 0 Å². The molecule has 1 aromatic carbocycles. The fraction of sp³-hybridized carbons (Fsp3) is 0.600. The van der Waals surface area contributed by atoms with Gasteiger partial charge in [-0.05, 0) is 48.8 Å². The lowest BCUT2D eigenvalue weighted by molar-refractivity contribution is -0.0659. The van der Waals surface area contributed by atoms with E-state index in [1.54, 1.807) is 0 Å². The van der Waals surface area contributed by atoms with E-state index in [2.05, 4.69) is 13.8 Å². The Labute approximate surface area is 107 Å². The van der Waals surface area contributed by atoms with Crippen molar-refractivity contribution in [2.24, 2.45) is 11.3 Å². The third kappa shape index (κ3) is 2.56. The van der Waals surface area contributed by atoms with Gasteiger partial charge in [0.05, 0.1) is 5.60 Å². The molecule has 0 saturated heterocycles. The van der Waals surface area contributed by atoms with Gasteiger partial charge in [0.15, 0.2) is 0 Å². The van der Waals surface area contributed by atoms with Crippen molar-refractivity contribution >= 4 is 0 Å². The Hall–Kier alpha value is -0.960. The molecule has 100 valence electrons. The van der Waals surface area contributed by atoms with Crippen LogP contribution in [0.5, 0.6) is 0 Å². The number of rotatable bonds is 1. The largest absolute Gasteiger partial charge is 0.385 e. The lowest BCUT2D eigenvalue weighted by Gasteiger charge is -2.45. The maximum atomic E-state index is 13.9. The minimum absolute atomic E-state index is 0.0643. The SMILES string of the molecule is CC1CC(C)(C)CC(O)(c2cc(F)ccc2F)C1. The van der Waals surface area contributed by atoms with Gasteiger partial charge in [-0.15, -0.1) is 0 Å². The third-order valence-corrected chi connectivity index (χ3v) is 3.79. The van der Waals surface area contributed by atoms with E-state index in [4.69, 9.17) is 0 Å². The lowest BCUT2D eigenvalue weighted by Crippen LogP contribution is -2.40. The van der Waals surface area contributed by atoms with E-state index < -0.39 is 17.2 Å². The van der Waals surface area contributed by atoms with E-state index in [1.165, 1.54) is 0 Å². The first kappa shape index (κ1) is 13.5. The molecule has 3 heteroatoms. The highest BCUT2D eigenvalue weighted by Crippen LogP contribution is 2.49. The number of hydrogen-bond donors (Lipinski definition) is 1. The van der Waals surface area contributed by atoms with E-state index in [1.807, 2.05) is 6.92 Å². The Morgan fingerprint density at radius 3 is 2.50 bits per heavy atom. The van der Waals surface area contributed by atoms with E-state index >= 15 is 0 Å². The van der Waals surface area contributed by atoms with Gasteiger partial charge in [0.2, 0.25) is 0 Å². The summed E-state index contributed by atoms with van der Waals surface area (Å²) >= 11 is 0. The Kier molecular flexibility index (Phi) is 3.22. The van der Waals surface area contributed by atoms with E-state index in [-0.39, 0.29) is 11.0 Å². The first-order valence-corrected chi connectivity index (χ1v) is 6.40. The quantitative estimate of drug-likeness (QED) is 0.803. The number of benzene rings is 1. The number of hydrogen-bond acceptors (Lipinski definition) is 1. The molecule has 1 nitrogen and oxygen atoms in total. The highest BCUT2D eigenvalue weighted by molar-refractivity contribution is 5.26. The van der Waals surface area contributed by atoms with Gasteiger partial charge in [0, 0.05) is 5.56 Å². The van der Waals surface area contributed by atoms with Crippen molar-refractivity contribution in [1.82, 2.24) is 0 Å². The molecule has 2 rings (SSSR count). The van der Waals surface area contributed by atoms with Crippen molar-refractivity contribution in [3.63, 3.8) is 0 Å². The molecule has 1 saturated carbocycles. The molecule has 0 spiro atoms. The van der Waals surface area contributed by atoms with Crippen LogP contribution in [0.1, 0.15) is 45.6 Å². The molecule has 1 aliphatic carbocycles. The van der Waals surface area contributed by atoms with E-state index in [9.17, 15) is 13.9 Å². The van der Waals surface area contributed by atoms with Crippen LogP contribution in [0.3, 0.4) is 0 Å². The van der Waals surface area contributed by atoms with Crippen molar-refractivity contribution in [3.05, 3.63) is 35.4 Å². The molecule has 2 atom stereocenters. The highest BCUT2D eigenvalue weighted by Gasteiger charge is 2.44. The maximum Gasteiger partial charge on any atom is 0.129 e. The highest BCUT2D eigenvalue weighted by atomic mass is 19.1. The molecule has 1 aromatic rings. The average molecular weight is 254 g/mol. The standard InChI is InChI=1S/C15H20F2O/c1-10-7-14(2,3)9-15(18,8-10)12-6-11(16)4-5-13(12)17/h4-6,10,18H,7-9H2,1-3H3. The topological polar surface area (TPSA) is 20.2 Å². The molecule has 1 fully saturated rings. The van der Waals surface area contributed by atoms with Crippen LogP contribution in [0, 0.1) is 23.0 Å². The van der Waals surface area contributed by atoms with Gasteiger partial charge in [-0.1, -0.05) is 20.8 Å². The minimum atomic E-state index is -1.26. The molecule has 0 aliphatic heterocycles. The summed E-state index contributed by atoms with van der Waals surface area (Å²) in [4.78, 5) is 0. The normalized spacial score (nSPS) is 31.3. The van der Waals surface area contributed by atoms with Crippen LogP contribution < -0.4 is 0 Å². The summed E-state index contributed by atoms with van der Waals surface area (Å²) in [5.74, 6) is -0.735. The van der Waals surface area contributed by atoms with Crippen molar-refractivity contribution in [1.29, 1.82) is 0 Å². The molecule has 2 unspecified atom stereocenters. The number of halogens is 2. The van der Waals surface area contributed by atoms with Crippen molar-refractivity contribution in [3.8, 4) is 0 Å². The summed E-state index contributed by atoms with van der Waals surface area (Å²) in [5.41, 5.74) is -1.22. The van der Waals surface area contributed by atoms with Crippen LogP contribution in [-0.4, -0.2) is 5.11 Å². The Bertz CT molecular complexity index is 456. The summed E-state index contributed by atoms with van der Waals surface area (Å²) in [6, 6.07) is 3.30. The summed E-state index contributed by atoms with van der Waals surface area (Å²) in [7, 11) is 0. The molecule has 0 amide bonds. The molecule has 1 aliphatic rings. The average Bonchev–Trinajstić information content (AvgIpc) is 2.17. The van der Waals surface area contributed by atoms with Gasteiger partial charge < -0.3 is 5.11 Å². The smallest absolute Gasteiger partial charge is 0.129 e. The first-order valence-electron chi connectivity index (χ1n) is 6.40. The van der Waals surface area contributed by atoms with Gasteiger partial charge in [0.25, 0.3) is 0 Å². The second-order valence-corrected chi connectivity index (χ2v) is 6.51. The van der Waals surface area contributed by atoms with Crippen molar-refractivity contribution in [2.45, 2.75) is 45.6 Å². The predicted octanol–water partition coefficient (Wildman–Crippen LogP) is 4.00. The van der Waals surface area contributed by atoms with Crippen LogP contribution >= 0.6 is 0 Å². The molecular weight excluding hydrogens is 234 g/mol. The lowest BCUT2D eigenvalue weighted by atomic mass is 9.64. The zero-order valence-electron chi connectivity index (χ0n) is 11.1. The molecule has 0 aromatic heterocycles. The molecule has 18 heavy (non-hydrogen) atoms. The third-order valence-electron chi connectivity index (χ3n) is 3.79.